The van der Waals surface area contributed by atoms with Crippen LogP contribution in [0.15, 0.2) is 27.3 Å². The third-order valence-electron chi connectivity index (χ3n) is 3.63. The summed E-state index contributed by atoms with van der Waals surface area (Å²) >= 11 is 3.17. The van der Waals surface area contributed by atoms with Crippen molar-refractivity contribution in [3.05, 3.63) is 45.6 Å². The van der Waals surface area contributed by atoms with Crippen molar-refractivity contribution in [3.63, 3.8) is 0 Å². The number of hydrogen-bond acceptors (Lipinski definition) is 3. The molecule has 2 aromatic heterocycles. The molecule has 20 heavy (non-hydrogen) atoms. The van der Waals surface area contributed by atoms with Gasteiger partial charge in [-0.25, -0.2) is 0 Å². The maximum Gasteiger partial charge on any atom is 0.312 e. The first-order chi connectivity index (χ1) is 9.49. The van der Waals surface area contributed by atoms with Crippen molar-refractivity contribution < 1.29 is 19.1 Å². The molecule has 0 radical (unpaired) electrons. The summed E-state index contributed by atoms with van der Waals surface area (Å²) in [5.41, 5.74) is 2.00. The highest BCUT2D eigenvalue weighted by atomic mass is 79.9. The van der Waals surface area contributed by atoms with E-state index in [1.165, 1.54) is 0 Å². The lowest BCUT2D eigenvalue weighted by Gasteiger charge is -2.05. The Kier molecular flexibility index (Phi) is 3.05. The van der Waals surface area contributed by atoms with E-state index in [2.05, 4.69) is 15.9 Å². The number of carboxylic acid groups (broad SMARTS) is 1. The summed E-state index contributed by atoms with van der Waals surface area (Å²) in [6, 6.07) is 5.06. The molecule has 1 N–H and O–H groups in total. The summed E-state index contributed by atoms with van der Waals surface area (Å²) in [5, 5.41) is 9.20. The molecule has 1 aliphatic heterocycles. The predicted octanol–water partition coefficient (Wildman–Crippen LogP) is 2.95. The second kappa shape index (κ2) is 4.63. The smallest absolute Gasteiger partial charge is 0.312 e. The molecule has 0 aromatic carbocycles. The van der Waals surface area contributed by atoms with Crippen LogP contribution in [0.4, 0.5) is 0 Å². The molecule has 1 atom stereocenters. The number of furan rings is 1. The summed E-state index contributed by atoms with van der Waals surface area (Å²) in [7, 11) is 0. The van der Waals surface area contributed by atoms with Crippen molar-refractivity contribution in [1.82, 2.24) is 4.57 Å². The summed E-state index contributed by atoms with van der Waals surface area (Å²) in [5.74, 6) is -1.34. The largest absolute Gasteiger partial charge is 0.481 e. The summed E-state index contributed by atoms with van der Waals surface area (Å²) in [6.45, 7) is 2.36. The van der Waals surface area contributed by atoms with Crippen LogP contribution in [0.1, 0.15) is 39.8 Å². The fourth-order valence-corrected chi connectivity index (χ4v) is 3.06. The standard InChI is InChI=1S/C14H12BrNO4/c1-7-6-9-8(14(18)19)4-5-16(9)12(7)13(17)10-2-3-11(15)20-10/h2-3,6,8H,4-5H2,1H3,(H,18,19). The number of ketones is 1. The van der Waals surface area contributed by atoms with Crippen LogP contribution in [0.3, 0.4) is 0 Å². The van der Waals surface area contributed by atoms with Crippen molar-refractivity contribution in [3.8, 4) is 0 Å². The Labute approximate surface area is 123 Å². The highest BCUT2D eigenvalue weighted by Gasteiger charge is 2.33. The van der Waals surface area contributed by atoms with Gasteiger partial charge in [-0.1, -0.05) is 0 Å². The van der Waals surface area contributed by atoms with Gasteiger partial charge in [0.1, 0.15) is 0 Å². The van der Waals surface area contributed by atoms with Crippen molar-refractivity contribution in [2.75, 3.05) is 0 Å². The number of carbonyl (C=O) groups excluding carboxylic acids is 1. The summed E-state index contributed by atoms with van der Waals surface area (Å²) in [6.07, 6.45) is 0.521. The van der Waals surface area contributed by atoms with E-state index in [1.807, 2.05) is 6.92 Å². The topological polar surface area (TPSA) is 72.4 Å². The number of rotatable bonds is 3. The van der Waals surface area contributed by atoms with Gasteiger partial charge in [-0.15, -0.1) is 0 Å². The number of halogens is 1. The van der Waals surface area contributed by atoms with E-state index >= 15 is 0 Å². The molecule has 0 spiro atoms. The lowest BCUT2D eigenvalue weighted by Crippen LogP contribution is -2.10. The van der Waals surface area contributed by atoms with Gasteiger partial charge in [0, 0.05) is 12.2 Å². The Hall–Kier alpha value is -1.82. The fraction of sp³-hybridized carbons (Fsp3) is 0.286. The molecule has 0 aliphatic carbocycles. The third kappa shape index (κ3) is 1.91. The molecule has 0 saturated carbocycles. The number of carboxylic acids is 1. The van der Waals surface area contributed by atoms with E-state index in [4.69, 9.17) is 4.42 Å². The first-order valence-corrected chi connectivity index (χ1v) is 7.01. The van der Waals surface area contributed by atoms with Gasteiger partial charge in [0.25, 0.3) is 0 Å². The van der Waals surface area contributed by atoms with Crippen molar-refractivity contribution in [2.24, 2.45) is 0 Å². The van der Waals surface area contributed by atoms with Gasteiger partial charge in [-0.05, 0) is 53.0 Å². The van der Waals surface area contributed by atoms with Crippen LogP contribution in [0.2, 0.25) is 0 Å². The lowest BCUT2D eigenvalue weighted by atomic mass is 10.0. The SMILES string of the molecule is Cc1cc2n(c1C(=O)c1ccc(Br)o1)CCC2C(=O)O. The predicted molar refractivity (Wildman–Crippen MR) is 74.0 cm³/mol. The average Bonchev–Trinajstić information content (AvgIpc) is 3.02. The Bertz CT molecular complexity index is 713. The molecule has 104 valence electrons. The molecule has 6 heteroatoms. The minimum Gasteiger partial charge on any atom is -0.481 e. The molecular weight excluding hydrogens is 326 g/mol. The van der Waals surface area contributed by atoms with Gasteiger partial charge in [0.15, 0.2) is 10.4 Å². The van der Waals surface area contributed by atoms with Gasteiger partial charge in [-0.3, -0.25) is 9.59 Å². The first-order valence-electron chi connectivity index (χ1n) is 6.22. The maximum absolute atomic E-state index is 12.5. The van der Waals surface area contributed by atoms with Crippen LogP contribution in [0, 0.1) is 6.92 Å². The monoisotopic (exact) mass is 337 g/mol. The molecule has 0 amide bonds. The number of aryl methyl sites for hydroxylation is 1. The molecule has 0 bridgehead atoms. The molecule has 0 saturated heterocycles. The minimum absolute atomic E-state index is 0.217. The zero-order chi connectivity index (χ0) is 14.4. The molecule has 1 unspecified atom stereocenters. The van der Waals surface area contributed by atoms with Crippen LogP contribution < -0.4 is 0 Å². The van der Waals surface area contributed by atoms with E-state index < -0.39 is 11.9 Å². The van der Waals surface area contributed by atoms with Crippen LogP contribution in [-0.4, -0.2) is 21.4 Å². The molecule has 2 aromatic rings. The molecule has 0 fully saturated rings. The highest BCUT2D eigenvalue weighted by Crippen LogP contribution is 2.34. The number of hydrogen-bond donors (Lipinski definition) is 1. The van der Waals surface area contributed by atoms with E-state index in [1.54, 1.807) is 22.8 Å². The zero-order valence-corrected chi connectivity index (χ0v) is 12.3. The lowest BCUT2D eigenvalue weighted by molar-refractivity contribution is -0.138. The Morgan fingerprint density at radius 2 is 2.20 bits per heavy atom. The average molecular weight is 338 g/mol. The Morgan fingerprint density at radius 3 is 2.80 bits per heavy atom. The number of aliphatic carboxylic acids is 1. The van der Waals surface area contributed by atoms with Gasteiger partial charge in [0.05, 0.1) is 11.6 Å². The maximum atomic E-state index is 12.5. The Morgan fingerprint density at radius 1 is 1.45 bits per heavy atom. The van der Waals surface area contributed by atoms with E-state index in [0.717, 1.165) is 5.56 Å². The molecule has 5 nitrogen and oxygen atoms in total. The molecule has 3 rings (SSSR count). The minimum atomic E-state index is -0.846. The van der Waals surface area contributed by atoms with Crippen molar-refractivity contribution >= 4 is 27.7 Å². The molecule has 1 aliphatic rings. The summed E-state index contributed by atoms with van der Waals surface area (Å²) < 4.78 is 7.59. The van der Waals surface area contributed by atoms with Gasteiger partial charge >= 0.3 is 5.97 Å². The normalized spacial score (nSPS) is 17.2. The molecule has 3 heterocycles. The number of carbonyl (C=O) groups is 2. The van der Waals surface area contributed by atoms with Crippen LogP contribution in [0.5, 0.6) is 0 Å². The van der Waals surface area contributed by atoms with Gasteiger partial charge in [-0.2, -0.15) is 0 Å². The fourth-order valence-electron chi connectivity index (χ4n) is 2.75. The highest BCUT2D eigenvalue weighted by molar-refractivity contribution is 9.10. The number of fused-ring (bicyclic) bond motifs is 1. The van der Waals surface area contributed by atoms with Crippen LogP contribution in [0.25, 0.3) is 0 Å². The van der Waals surface area contributed by atoms with Gasteiger partial charge in [0.2, 0.25) is 5.78 Å². The number of nitrogens with zero attached hydrogens (tertiary/aromatic N) is 1. The van der Waals surface area contributed by atoms with Crippen molar-refractivity contribution in [2.45, 2.75) is 25.8 Å². The van der Waals surface area contributed by atoms with Crippen LogP contribution in [-0.2, 0) is 11.3 Å². The second-order valence-corrected chi connectivity index (χ2v) is 5.65. The number of aromatic nitrogens is 1. The third-order valence-corrected chi connectivity index (χ3v) is 4.05. The molecular formula is C14H12BrNO4. The van der Waals surface area contributed by atoms with Crippen molar-refractivity contribution in [1.29, 1.82) is 0 Å². The zero-order valence-electron chi connectivity index (χ0n) is 10.7. The Balaban J connectivity index is 2.06. The van der Waals surface area contributed by atoms with Gasteiger partial charge < -0.3 is 14.1 Å². The second-order valence-electron chi connectivity index (χ2n) is 4.86. The van der Waals surface area contributed by atoms with Crippen LogP contribution >= 0.6 is 15.9 Å². The first kappa shape index (κ1) is 13.2. The summed E-state index contributed by atoms with van der Waals surface area (Å²) in [4.78, 5) is 23.7. The quantitative estimate of drug-likeness (QED) is 0.874. The van der Waals surface area contributed by atoms with E-state index in [0.29, 0.717) is 29.0 Å². The van der Waals surface area contributed by atoms with E-state index in [9.17, 15) is 14.7 Å². The van der Waals surface area contributed by atoms with E-state index in [-0.39, 0.29) is 11.5 Å².